The lowest BCUT2D eigenvalue weighted by Crippen LogP contribution is -2.38. The molecule has 0 saturated heterocycles. The first-order valence-electron chi connectivity index (χ1n) is 7.61. The highest BCUT2D eigenvalue weighted by Crippen LogP contribution is 2.17. The highest BCUT2D eigenvalue weighted by molar-refractivity contribution is 7.88. The van der Waals surface area contributed by atoms with Gasteiger partial charge in [0.15, 0.2) is 0 Å². The summed E-state index contributed by atoms with van der Waals surface area (Å²) in [4.78, 5) is 0. The van der Waals surface area contributed by atoms with E-state index in [4.69, 9.17) is 0 Å². The normalized spacial score (nSPS) is 18.1. The zero-order valence-electron chi connectivity index (χ0n) is 13.1. The van der Waals surface area contributed by atoms with E-state index in [9.17, 15) is 8.42 Å². The van der Waals surface area contributed by atoms with Crippen LogP contribution in [0, 0.1) is 0 Å². The van der Waals surface area contributed by atoms with Crippen LogP contribution in [0.4, 0.5) is 0 Å². The Balaban J connectivity index is 0.00000361. The minimum Gasteiger partial charge on any atom is -0.314 e. The van der Waals surface area contributed by atoms with Crippen molar-refractivity contribution in [3.63, 3.8) is 0 Å². The Kier molecular flexibility index (Phi) is 10.1. The summed E-state index contributed by atoms with van der Waals surface area (Å²) in [5, 5.41) is 3.59. The number of halogens is 1. The minimum atomic E-state index is -3.07. The fourth-order valence-electron chi connectivity index (χ4n) is 2.83. The van der Waals surface area contributed by atoms with Gasteiger partial charge in [-0.3, -0.25) is 0 Å². The maximum absolute atomic E-state index is 11.6. The van der Waals surface area contributed by atoms with Crippen LogP contribution < -0.4 is 5.32 Å². The summed E-state index contributed by atoms with van der Waals surface area (Å²) in [6, 6.07) is 0.695. The van der Waals surface area contributed by atoms with Crippen molar-refractivity contribution in [1.29, 1.82) is 0 Å². The fourth-order valence-corrected chi connectivity index (χ4v) is 4.06. The zero-order chi connectivity index (χ0) is 14.3. The van der Waals surface area contributed by atoms with E-state index in [2.05, 4.69) is 5.32 Å². The highest BCUT2D eigenvalue weighted by Gasteiger charge is 2.19. The van der Waals surface area contributed by atoms with E-state index >= 15 is 0 Å². The molecule has 0 aromatic rings. The number of rotatable bonds is 7. The van der Waals surface area contributed by atoms with Crippen LogP contribution in [-0.2, 0) is 10.0 Å². The second kappa shape index (κ2) is 9.98. The molecule has 1 aliphatic rings. The SMILES string of the molecule is CC(C)N(CCCNC1CCCCCC1)S(C)(=O)=O.Cl. The van der Waals surface area contributed by atoms with Crippen LogP contribution in [0.3, 0.4) is 0 Å². The molecule has 0 heterocycles. The van der Waals surface area contributed by atoms with Crippen molar-refractivity contribution >= 4 is 22.4 Å². The molecule has 1 saturated carbocycles. The van der Waals surface area contributed by atoms with Gasteiger partial charge in [0.05, 0.1) is 6.26 Å². The third-order valence-corrected chi connectivity index (χ3v) is 5.30. The molecule has 0 unspecified atom stereocenters. The number of nitrogens with zero attached hydrogens (tertiary/aromatic N) is 1. The summed E-state index contributed by atoms with van der Waals surface area (Å²) in [5.74, 6) is 0. The fraction of sp³-hybridized carbons (Fsp3) is 1.00. The van der Waals surface area contributed by atoms with E-state index in [1.54, 1.807) is 4.31 Å². The molecule has 1 fully saturated rings. The maximum atomic E-state index is 11.6. The molecule has 0 bridgehead atoms. The van der Waals surface area contributed by atoms with Gasteiger partial charge in [-0.15, -0.1) is 12.4 Å². The van der Waals surface area contributed by atoms with Crippen LogP contribution in [0.5, 0.6) is 0 Å². The monoisotopic (exact) mass is 326 g/mol. The van der Waals surface area contributed by atoms with E-state index in [1.165, 1.54) is 44.8 Å². The van der Waals surface area contributed by atoms with Gasteiger partial charge in [0, 0.05) is 18.6 Å². The van der Waals surface area contributed by atoms with E-state index in [0.29, 0.717) is 12.6 Å². The van der Waals surface area contributed by atoms with Gasteiger partial charge in [-0.05, 0) is 39.7 Å². The lowest BCUT2D eigenvalue weighted by atomic mass is 10.1. The average Bonchev–Trinajstić information content (AvgIpc) is 2.54. The van der Waals surface area contributed by atoms with Crippen molar-refractivity contribution < 1.29 is 8.42 Å². The van der Waals surface area contributed by atoms with Crippen molar-refractivity contribution in [2.24, 2.45) is 0 Å². The van der Waals surface area contributed by atoms with Crippen LogP contribution in [0.15, 0.2) is 0 Å². The molecule has 1 aliphatic carbocycles. The molecular formula is C14H31ClN2O2S. The van der Waals surface area contributed by atoms with Crippen LogP contribution in [0.25, 0.3) is 0 Å². The molecule has 0 atom stereocenters. The lowest BCUT2D eigenvalue weighted by molar-refractivity contribution is 0.343. The Labute approximate surface area is 131 Å². The molecule has 1 rings (SSSR count). The number of sulfonamides is 1. The summed E-state index contributed by atoms with van der Waals surface area (Å²) in [6.45, 7) is 5.40. The van der Waals surface area contributed by atoms with E-state index in [-0.39, 0.29) is 18.4 Å². The maximum Gasteiger partial charge on any atom is 0.211 e. The first-order chi connectivity index (χ1) is 8.91. The molecule has 0 radical (unpaired) electrons. The van der Waals surface area contributed by atoms with Gasteiger partial charge in [0.25, 0.3) is 0 Å². The second-order valence-electron chi connectivity index (χ2n) is 5.96. The van der Waals surface area contributed by atoms with Gasteiger partial charge in [-0.25, -0.2) is 8.42 Å². The van der Waals surface area contributed by atoms with Crippen molar-refractivity contribution in [3.8, 4) is 0 Å². The molecule has 4 nitrogen and oxygen atoms in total. The third-order valence-electron chi connectivity index (χ3n) is 3.85. The zero-order valence-corrected chi connectivity index (χ0v) is 14.7. The lowest BCUT2D eigenvalue weighted by Gasteiger charge is -2.24. The van der Waals surface area contributed by atoms with Crippen LogP contribution in [0.2, 0.25) is 0 Å². The van der Waals surface area contributed by atoms with E-state index < -0.39 is 10.0 Å². The molecular weight excluding hydrogens is 296 g/mol. The van der Waals surface area contributed by atoms with Gasteiger partial charge >= 0.3 is 0 Å². The van der Waals surface area contributed by atoms with Crippen LogP contribution in [0.1, 0.15) is 58.8 Å². The van der Waals surface area contributed by atoms with Crippen molar-refractivity contribution in [1.82, 2.24) is 9.62 Å². The van der Waals surface area contributed by atoms with Gasteiger partial charge in [0.1, 0.15) is 0 Å². The Morgan fingerprint density at radius 3 is 2.15 bits per heavy atom. The topological polar surface area (TPSA) is 49.4 Å². The molecule has 0 spiro atoms. The highest BCUT2D eigenvalue weighted by atomic mass is 35.5. The first-order valence-corrected chi connectivity index (χ1v) is 9.46. The molecule has 1 N–H and O–H groups in total. The van der Waals surface area contributed by atoms with Gasteiger partial charge < -0.3 is 5.32 Å². The second-order valence-corrected chi connectivity index (χ2v) is 7.90. The summed E-state index contributed by atoms with van der Waals surface area (Å²) < 4.78 is 24.8. The third kappa shape index (κ3) is 7.81. The summed E-state index contributed by atoms with van der Waals surface area (Å²) in [5.41, 5.74) is 0. The molecule has 0 amide bonds. The molecule has 0 aromatic heterocycles. The van der Waals surface area contributed by atoms with Gasteiger partial charge in [-0.1, -0.05) is 25.7 Å². The Hall–Kier alpha value is 0.160. The molecule has 0 aliphatic heterocycles. The van der Waals surface area contributed by atoms with Crippen LogP contribution in [-0.4, -0.2) is 44.2 Å². The standard InChI is InChI=1S/C14H30N2O2S.ClH/c1-13(2)16(19(3,17)18)12-8-11-15-14-9-6-4-5-7-10-14;/h13-15H,4-12H2,1-3H3;1H. The molecule has 0 aromatic carbocycles. The van der Waals surface area contributed by atoms with Crippen LogP contribution >= 0.6 is 12.4 Å². The summed E-state index contributed by atoms with van der Waals surface area (Å²) in [7, 11) is -3.07. The van der Waals surface area contributed by atoms with Gasteiger partial charge in [-0.2, -0.15) is 4.31 Å². The van der Waals surface area contributed by atoms with E-state index in [0.717, 1.165) is 13.0 Å². The van der Waals surface area contributed by atoms with Crippen molar-refractivity contribution in [2.45, 2.75) is 70.9 Å². The Morgan fingerprint density at radius 1 is 1.15 bits per heavy atom. The predicted molar refractivity (Wildman–Crippen MR) is 88.0 cm³/mol. The van der Waals surface area contributed by atoms with Crippen molar-refractivity contribution in [2.75, 3.05) is 19.3 Å². The molecule has 122 valence electrons. The summed E-state index contributed by atoms with van der Waals surface area (Å²) >= 11 is 0. The predicted octanol–water partition coefficient (Wildman–Crippen LogP) is 2.78. The quantitative estimate of drug-likeness (QED) is 0.578. The largest absolute Gasteiger partial charge is 0.314 e. The van der Waals surface area contributed by atoms with Gasteiger partial charge in [0.2, 0.25) is 10.0 Å². The molecule has 6 heteroatoms. The van der Waals surface area contributed by atoms with Crippen molar-refractivity contribution in [3.05, 3.63) is 0 Å². The minimum absolute atomic E-state index is 0. The first kappa shape index (κ1) is 20.2. The van der Waals surface area contributed by atoms with E-state index in [1.807, 2.05) is 13.8 Å². The Bertz CT molecular complexity index is 339. The number of hydrogen-bond acceptors (Lipinski definition) is 3. The number of hydrogen-bond donors (Lipinski definition) is 1. The number of nitrogens with one attached hydrogen (secondary N) is 1. The average molecular weight is 327 g/mol. The molecule has 20 heavy (non-hydrogen) atoms. The summed E-state index contributed by atoms with van der Waals surface area (Å²) in [6.07, 6.45) is 10.1. The smallest absolute Gasteiger partial charge is 0.211 e. The Morgan fingerprint density at radius 2 is 1.70 bits per heavy atom.